The van der Waals surface area contributed by atoms with Crippen molar-refractivity contribution in [3.05, 3.63) is 54.1 Å². The van der Waals surface area contributed by atoms with Gasteiger partial charge in [0.1, 0.15) is 0 Å². The minimum atomic E-state index is -3.64. The fourth-order valence-corrected chi connectivity index (χ4v) is 5.07. The third-order valence-corrected chi connectivity index (χ3v) is 7.84. The molecule has 1 N–H and O–H groups in total. The Morgan fingerprint density at radius 1 is 1.03 bits per heavy atom. The van der Waals surface area contributed by atoms with Crippen LogP contribution < -0.4 is 5.32 Å². The highest BCUT2D eigenvalue weighted by molar-refractivity contribution is 7.90. The van der Waals surface area contributed by atoms with E-state index >= 15 is 0 Å². The van der Waals surface area contributed by atoms with E-state index in [0.29, 0.717) is 6.54 Å². The number of sulfone groups is 1. The lowest BCUT2D eigenvalue weighted by Gasteiger charge is -2.16. The van der Waals surface area contributed by atoms with Crippen LogP contribution in [0.4, 0.5) is 6.01 Å². The van der Waals surface area contributed by atoms with Crippen molar-refractivity contribution in [3.8, 4) is 11.5 Å². The lowest BCUT2D eigenvalue weighted by molar-refractivity contribution is 0.102. The number of nitrogens with one attached hydrogen (secondary N) is 1. The van der Waals surface area contributed by atoms with Crippen molar-refractivity contribution >= 4 is 31.8 Å². The number of carbonyl (C=O) groups is 1. The van der Waals surface area contributed by atoms with Gasteiger partial charge in [0.05, 0.1) is 15.4 Å². The number of benzene rings is 2. The molecule has 0 aliphatic heterocycles. The SMILES string of the molecule is CCCCN(C)S(=O)(=O)c1ccc(C(=O)Nc2nnc(-c3ccccc3S(C)(=O)=O)o2)cc1. The summed E-state index contributed by atoms with van der Waals surface area (Å²) in [6.07, 6.45) is 2.68. The van der Waals surface area contributed by atoms with Crippen LogP contribution in [-0.4, -0.2) is 57.1 Å². The monoisotopic (exact) mass is 492 g/mol. The summed E-state index contributed by atoms with van der Waals surface area (Å²) in [6.45, 7) is 2.38. The Kier molecular flexibility index (Phi) is 7.30. The molecule has 1 heterocycles. The molecule has 1 amide bonds. The van der Waals surface area contributed by atoms with Gasteiger partial charge in [-0.3, -0.25) is 10.1 Å². The zero-order chi connectivity index (χ0) is 24.2. The summed E-state index contributed by atoms with van der Waals surface area (Å²) in [5.41, 5.74) is 0.399. The van der Waals surface area contributed by atoms with Gasteiger partial charge >= 0.3 is 6.01 Å². The highest BCUT2D eigenvalue weighted by Gasteiger charge is 2.22. The quantitative estimate of drug-likeness (QED) is 0.481. The van der Waals surface area contributed by atoms with Crippen molar-refractivity contribution in [2.24, 2.45) is 0 Å². The zero-order valence-electron chi connectivity index (χ0n) is 18.3. The predicted molar refractivity (Wildman–Crippen MR) is 122 cm³/mol. The number of anilines is 1. The Bertz CT molecular complexity index is 1350. The maximum atomic E-state index is 12.6. The van der Waals surface area contributed by atoms with E-state index in [9.17, 15) is 21.6 Å². The number of rotatable bonds is 9. The summed E-state index contributed by atoms with van der Waals surface area (Å²) in [5, 5.41) is 9.99. The van der Waals surface area contributed by atoms with Crippen LogP contribution in [0.2, 0.25) is 0 Å². The van der Waals surface area contributed by atoms with E-state index < -0.39 is 25.8 Å². The molecule has 1 aromatic heterocycles. The molecule has 0 spiro atoms. The third-order valence-electron chi connectivity index (χ3n) is 4.81. The summed E-state index contributed by atoms with van der Waals surface area (Å²) < 4.78 is 55.9. The van der Waals surface area contributed by atoms with E-state index in [4.69, 9.17) is 4.42 Å². The van der Waals surface area contributed by atoms with Crippen LogP contribution in [-0.2, 0) is 19.9 Å². The van der Waals surface area contributed by atoms with Gasteiger partial charge in [0.2, 0.25) is 10.0 Å². The van der Waals surface area contributed by atoms with Crippen molar-refractivity contribution in [2.75, 3.05) is 25.2 Å². The molecule has 3 rings (SSSR count). The number of nitrogens with zero attached hydrogens (tertiary/aromatic N) is 3. The Morgan fingerprint density at radius 3 is 2.33 bits per heavy atom. The Hall–Kier alpha value is -3.09. The number of sulfonamides is 1. The fraction of sp³-hybridized carbons (Fsp3) is 0.286. The molecule has 0 aliphatic carbocycles. The predicted octanol–water partition coefficient (Wildman–Crippen LogP) is 2.81. The van der Waals surface area contributed by atoms with E-state index in [-0.39, 0.29) is 32.8 Å². The first kappa shape index (κ1) is 24.6. The first-order valence-electron chi connectivity index (χ1n) is 10.0. The maximum Gasteiger partial charge on any atom is 0.322 e. The molecular weight excluding hydrogens is 468 g/mol. The number of carbonyl (C=O) groups excluding carboxylic acids is 1. The van der Waals surface area contributed by atoms with E-state index in [1.54, 1.807) is 12.1 Å². The molecular formula is C21H24N4O6S2. The van der Waals surface area contributed by atoms with Gasteiger partial charge in [-0.05, 0) is 42.8 Å². The second kappa shape index (κ2) is 9.81. The molecule has 0 atom stereocenters. The van der Waals surface area contributed by atoms with E-state index in [0.717, 1.165) is 19.1 Å². The van der Waals surface area contributed by atoms with Gasteiger partial charge in [0, 0.05) is 25.4 Å². The van der Waals surface area contributed by atoms with Crippen molar-refractivity contribution in [2.45, 2.75) is 29.6 Å². The van der Waals surface area contributed by atoms with Gasteiger partial charge in [0.15, 0.2) is 9.84 Å². The molecule has 0 bridgehead atoms. The second-order valence-corrected chi connectivity index (χ2v) is 11.4. The summed E-state index contributed by atoms with van der Waals surface area (Å²) in [7, 11) is -5.66. The van der Waals surface area contributed by atoms with Gasteiger partial charge in [-0.2, -0.15) is 0 Å². The molecule has 176 valence electrons. The van der Waals surface area contributed by atoms with Crippen LogP contribution in [0.3, 0.4) is 0 Å². The van der Waals surface area contributed by atoms with Gasteiger partial charge in [-0.1, -0.05) is 30.6 Å². The van der Waals surface area contributed by atoms with Gasteiger partial charge in [-0.25, -0.2) is 21.1 Å². The van der Waals surface area contributed by atoms with Crippen molar-refractivity contribution in [1.29, 1.82) is 0 Å². The lowest BCUT2D eigenvalue weighted by atomic mass is 10.2. The molecule has 2 aromatic carbocycles. The summed E-state index contributed by atoms with van der Waals surface area (Å²) in [5.74, 6) is -0.659. The van der Waals surface area contributed by atoms with Crippen LogP contribution in [0.15, 0.2) is 62.7 Å². The molecule has 0 unspecified atom stereocenters. The van der Waals surface area contributed by atoms with Crippen molar-refractivity contribution in [3.63, 3.8) is 0 Å². The highest BCUT2D eigenvalue weighted by atomic mass is 32.2. The van der Waals surface area contributed by atoms with Gasteiger partial charge in [-0.15, -0.1) is 5.10 Å². The molecule has 0 saturated heterocycles. The molecule has 33 heavy (non-hydrogen) atoms. The van der Waals surface area contributed by atoms with Crippen LogP contribution in [0.1, 0.15) is 30.1 Å². The van der Waals surface area contributed by atoms with E-state index in [2.05, 4.69) is 15.5 Å². The first-order valence-corrected chi connectivity index (χ1v) is 13.4. The lowest BCUT2D eigenvalue weighted by Crippen LogP contribution is -2.28. The molecule has 0 saturated carbocycles. The maximum absolute atomic E-state index is 12.6. The minimum Gasteiger partial charge on any atom is -0.403 e. The Labute approximate surface area is 192 Å². The Balaban J connectivity index is 1.76. The zero-order valence-corrected chi connectivity index (χ0v) is 20.0. The second-order valence-electron chi connectivity index (χ2n) is 7.34. The highest BCUT2D eigenvalue weighted by Crippen LogP contribution is 2.27. The molecule has 3 aromatic rings. The molecule has 0 aliphatic rings. The molecule has 10 nitrogen and oxygen atoms in total. The number of hydrogen-bond acceptors (Lipinski definition) is 8. The van der Waals surface area contributed by atoms with Crippen LogP contribution in [0, 0.1) is 0 Å². The number of unbranched alkanes of at least 4 members (excludes halogenated alkanes) is 1. The fourth-order valence-electron chi connectivity index (χ4n) is 2.98. The van der Waals surface area contributed by atoms with Crippen LogP contribution in [0.25, 0.3) is 11.5 Å². The summed E-state index contributed by atoms with van der Waals surface area (Å²) in [6, 6.07) is 11.4. The standard InChI is InChI=1S/C21H24N4O6S2/c1-4-5-14-25(2)33(29,30)16-12-10-15(11-13-16)19(26)22-21-24-23-20(31-21)17-8-6-7-9-18(17)32(3,27)28/h6-13H,4-5,14H2,1-3H3,(H,22,24,26). The van der Waals surface area contributed by atoms with Crippen LogP contribution in [0.5, 0.6) is 0 Å². The van der Waals surface area contributed by atoms with Crippen molar-refractivity contribution < 1.29 is 26.0 Å². The van der Waals surface area contributed by atoms with Gasteiger partial charge < -0.3 is 4.42 Å². The number of amides is 1. The largest absolute Gasteiger partial charge is 0.403 e. The normalized spacial score (nSPS) is 12.1. The Morgan fingerprint density at radius 2 is 1.70 bits per heavy atom. The van der Waals surface area contributed by atoms with E-state index in [1.807, 2.05) is 6.92 Å². The summed E-state index contributed by atoms with van der Waals surface area (Å²) >= 11 is 0. The van der Waals surface area contributed by atoms with Crippen molar-refractivity contribution in [1.82, 2.24) is 14.5 Å². The van der Waals surface area contributed by atoms with E-state index in [1.165, 1.54) is 47.8 Å². The molecule has 0 fully saturated rings. The average Bonchev–Trinajstić information content (AvgIpc) is 3.25. The smallest absolute Gasteiger partial charge is 0.322 e. The van der Waals surface area contributed by atoms with Gasteiger partial charge in [0.25, 0.3) is 11.8 Å². The minimum absolute atomic E-state index is 0.0206. The number of hydrogen-bond donors (Lipinski definition) is 1. The summed E-state index contributed by atoms with van der Waals surface area (Å²) in [4.78, 5) is 12.6. The topological polar surface area (TPSA) is 140 Å². The molecule has 12 heteroatoms. The average molecular weight is 493 g/mol. The molecule has 0 radical (unpaired) electrons. The van der Waals surface area contributed by atoms with Crippen LogP contribution >= 0.6 is 0 Å². The third kappa shape index (κ3) is 5.64. The number of aromatic nitrogens is 2. The first-order chi connectivity index (χ1) is 15.5.